The molecular weight excluding hydrogens is 290 g/mol. The summed E-state index contributed by atoms with van der Waals surface area (Å²) >= 11 is 0. The SMILES string of the molecule is COc1ccc2[nH]c(C=O)nc2c1.c1ccc2ncccc2c1. The number of carbonyl (C=O) groups is 1. The van der Waals surface area contributed by atoms with Crippen LogP contribution in [0.2, 0.25) is 0 Å². The number of imidazole rings is 1. The van der Waals surface area contributed by atoms with Crippen LogP contribution in [0.3, 0.4) is 0 Å². The molecule has 2 aromatic heterocycles. The van der Waals surface area contributed by atoms with Crippen molar-refractivity contribution in [3.8, 4) is 5.75 Å². The summed E-state index contributed by atoms with van der Waals surface area (Å²) < 4.78 is 5.02. The average molecular weight is 305 g/mol. The molecule has 0 aliphatic carbocycles. The third-order valence-electron chi connectivity index (χ3n) is 3.33. The Labute approximate surface area is 133 Å². The Hall–Kier alpha value is -3.21. The fourth-order valence-electron chi connectivity index (χ4n) is 2.20. The van der Waals surface area contributed by atoms with E-state index in [1.54, 1.807) is 13.2 Å². The van der Waals surface area contributed by atoms with E-state index in [2.05, 4.69) is 27.1 Å². The lowest BCUT2D eigenvalue weighted by Gasteiger charge is -1.96. The van der Waals surface area contributed by atoms with Crippen molar-refractivity contribution < 1.29 is 9.53 Å². The molecule has 0 saturated heterocycles. The summed E-state index contributed by atoms with van der Waals surface area (Å²) in [5.41, 5.74) is 2.63. The van der Waals surface area contributed by atoms with Gasteiger partial charge in [0.1, 0.15) is 5.75 Å². The maximum Gasteiger partial charge on any atom is 0.185 e. The van der Waals surface area contributed by atoms with Crippen LogP contribution in [0.4, 0.5) is 0 Å². The smallest absolute Gasteiger partial charge is 0.185 e. The van der Waals surface area contributed by atoms with Gasteiger partial charge in [0.05, 0.1) is 23.7 Å². The number of nitrogens with one attached hydrogen (secondary N) is 1. The number of benzene rings is 2. The van der Waals surface area contributed by atoms with E-state index < -0.39 is 0 Å². The number of fused-ring (bicyclic) bond motifs is 2. The first kappa shape index (κ1) is 14.7. The van der Waals surface area contributed by atoms with Gasteiger partial charge < -0.3 is 9.72 Å². The van der Waals surface area contributed by atoms with E-state index in [0.29, 0.717) is 12.1 Å². The van der Waals surface area contributed by atoms with Crippen LogP contribution in [0.5, 0.6) is 5.75 Å². The van der Waals surface area contributed by atoms with Gasteiger partial charge in [0, 0.05) is 17.6 Å². The number of H-pyrrole nitrogens is 1. The fraction of sp³-hybridized carbons (Fsp3) is 0.0556. The Balaban J connectivity index is 0.000000140. The Bertz CT molecular complexity index is 882. The normalized spacial score (nSPS) is 10.1. The van der Waals surface area contributed by atoms with Gasteiger partial charge in [-0.05, 0) is 24.3 Å². The second-order valence-corrected chi connectivity index (χ2v) is 4.82. The highest BCUT2D eigenvalue weighted by atomic mass is 16.5. The summed E-state index contributed by atoms with van der Waals surface area (Å²) in [6.45, 7) is 0. The highest BCUT2D eigenvalue weighted by Gasteiger charge is 2.01. The average Bonchev–Trinajstić information content (AvgIpc) is 3.04. The van der Waals surface area contributed by atoms with Crippen molar-refractivity contribution in [3.63, 3.8) is 0 Å². The molecule has 0 atom stereocenters. The standard InChI is InChI=1S/C9H8N2O2.C9H7N/c1-13-6-2-3-7-8(4-6)11-9(5-12)10-7;1-2-6-9-8(4-1)5-3-7-10-9/h2-5H,1H3,(H,10,11);1-7H. The van der Waals surface area contributed by atoms with Crippen LogP contribution in [0.25, 0.3) is 21.9 Å². The second kappa shape index (κ2) is 6.70. The van der Waals surface area contributed by atoms with E-state index in [9.17, 15) is 4.79 Å². The molecule has 0 spiro atoms. The molecule has 4 rings (SSSR count). The van der Waals surface area contributed by atoms with Gasteiger partial charge in [-0.1, -0.05) is 24.3 Å². The number of pyridine rings is 1. The van der Waals surface area contributed by atoms with Crippen LogP contribution >= 0.6 is 0 Å². The van der Waals surface area contributed by atoms with Gasteiger partial charge in [-0.15, -0.1) is 0 Å². The first-order chi connectivity index (χ1) is 11.3. The maximum absolute atomic E-state index is 10.4. The molecule has 0 unspecified atom stereocenters. The van der Waals surface area contributed by atoms with E-state index in [0.717, 1.165) is 22.3 Å². The number of para-hydroxylation sites is 1. The summed E-state index contributed by atoms with van der Waals surface area (Å²) in [5.74, 6) is 1.07. The molecular formula is C18H15N3O2. The van der Waals surface area contributed by atoms with E-state index >= 15 is 0 Å². The lowest BCUT2D eigenvalue weighted by atomic mass is 10.2. The van der Waals surface area contributed by atoms with Crippen molar-refractivity contribution in [1.29, 1.82) is 0 Å². The van der Waals surface area contributed by atoms with E-state index in [-0.39, 0.29) is 0 Å². The third-order valence-corrected chi connectivity index (χ3v) is 3.33. The summed E-state index contributed by atoms with van der Waals surface area (Å²) in [5, 5.41) is 1.20. The molecule has 1 N–H and O–H groups in total. The Morgan fingerprint density at radius 1 is 1.04 bits per heavy atom. The van der Waals surface area contributed by atoms with Gasteiger partial charge >= 0.3 is 0 Å². The van der Waals surface area contributed by atoms with Crippen molar-refractivity contribution in [2.45, 2.75) is 0 Å². The first-order valence-electron chi connectivity index (χ1n) is 7.09. The van der Waals surface area contributed by atoms with E-state index in [4.69, 9.17) is 4.74 Å². The lowest BCUT2D eigenvalue weighted by Crippen LogP contribution is -1.81. The van der Waals surface area contributed by atoms with Crippen LogP contribution in [-0.4, -0.2) is 28.3 Å². The summed E-state index contributed by atoms with van der Waals surface area (Å²) in [4.78, 5) is 21.5. The minimum absolute atomic E-state index is 0.336. The fourth-order valence-corrected chi connectivity index (χ4v) is 2.20. The minimum Gasteiger partial charge on any atom is -0.497 e. The second-order valence-electron chi connectivity index (χ2n) is 4.82. The van der Waals surface area contributed by atoms with Crippen LogP contribution in [0.15, 0.2) is 60.8 Å². The number of methoxy groups -OCH3 is 1. The molecule has 5 nitrogen and oxygen atoms in total. The van der Waals surface area contributed by atoms with Crippen molar-refractivity contribution in [2.75, 3.05) is 7.11 Å². The van der Waals surface area contributed by atoms with Crippen LogP contribution < -0.4 is 4.74 Å². The van der Waals surface area contributed by atoms with Gasteiger partial charge in [0.25, 0.3) is 0 Å². The first-order valence-corrected chi connectivity index (χ1v) is 7.09. The number of carbonyl (C=O) groups excluding carboxylic acids is 1. The number of aromatic nitrogens is 3. The molecule has 5 heteroatoms. The molecule has 0 amide bonds. The molecule has 2 aromatic carbocycles. The monoisotopic (exact) mass is 305 g/mol. The predicted octanol–water partition coefficient (Wildman–Crippen LogP) is 3.62. The molecule has 0 fully saturated rings. The van der Waals surface area contributed by atoms with Crippen molar-refractivity contribution in [2.24, 2.45) is 0 Å². The van der Waals surface area contributed by atoms with Gasteiger partial charge in [-0.25, -0.2) is 4.98 Å². The van der Waals surface area contributed by atoms with Crippen LogP contribution in [0, 0.1) is 0 Å². The molecule has 0 aliphatic rings. The van der Waals surface area contributed by atoms with Gasteiger partial charge in [-0.2, -0.15) is 0 Å². The molecule has 0 aliphatic heterocycles. The Morgan fingerprint density at radius 2 is 1.87 bits per heavy atom. The number of aldehydes is 1. The summed E-state index contributed by atoms with van der Waals surface area (Å²) in [7, 11) is 1.59. The lowest BCUT2D eigenvalue weighted by molar-refractivity contribution is 0.111. The maximum atomic E-state index is 10.4. The number of aromatic amines is 1. The number of rotatable bonds is 2. The van der Waals surface area contributed by atoms with Gasteiger partial charge in [-0.3, -0.25) is 9.78 Å². The molecule has 0 saturated carbocycles. The zero-order valence-corrected chi connectivity index (χ0v) is 12.6. The summed E-state index contributed by atoms with van der Waals surface area (Å²) in [6, 6.07) is 17.5. The zero-order chi connectivity index (χ0) is 16.1. The quantitative estimate of drug-likeness (QED) is 0.574. The zero-order valence-electron chi connectivity index (χ0n) is 12.6. The number of nitrogens with zero attached hydrogens (tertiary/aromatic N) is 2. The van der Waals surface area contributed by atoms with Crippen LogP contribution in [-0.2, 0) is 0 Å². The number of hydrogen-bond acceptors (Lipinski definition) is 4. The van der Waals surface area contributed by atoms with Crippen LogP contribution in [0.1, 0.15) is 10.6 Å². The number of ether oxygens (including phenoxy) is 1. The van der Waals surface area contributed by atoms with Crippen molar-refractivity contribution in [1.82, 2.24) is 15.0 Å². The summed E-state index contributed by atoms with van der Waals surface area (Å²) in [6.07, 6.45) is 2.49. The Morgan fingerprint density at radius 3 is 2.65 bits per heavy atom. The van der Waals surface area contributed by atoms with Gasteiger partial charge in [0.15, 0.2) is 12.1 Å². The highest BCUT2D eigenvalue weighted by molar-refractivity contribution is 5.82. The molecule has 0 radical (unpaired) electrons. The Kier molecular flexibility index (Phi) is 4.29. The van der Waals surface area contributed by atoms with E-state index in [1.165, 1.54) is 5.39 Å². The predicted molar refractivity (Wildman–Crippen MR) is 89.8 cm³/mol. The van der Waals surface area contributed by atoms with E-state index in [1.807, 2.05) is 42.6 Å². The van der Waals surface area contributed by atoms with Gasteiger partial charge in [0.2, 0.25) is 0 Å². The molecule has 2 heterocycles. The molecule has 4 aromatic rings. The molecule has 23 heavy (non-hydrogen) atoms. The highest BCUT2D eigenvalue weighted by Crippen LogP contribution is 2.17. The third kappa shape index (κ3) is 3.35. The largest absolute Gasteiger partial charge is 0.497 e. The number of hydrogen-bond donors (Lipinski definition) is 1. The van der Waals surface area contributed by atoms with Crippen molar-refractivity contribution >= 4 is 28.2 Å². The molecule has 114 valence electrons. The molecule has 0 bridgehead atoms. The minimum atomic E-state index is 0.336. The topological polar surface area (TPSA) is 67.9 Å². The van der Waals surface area contributed by atoms with Crippen molar-refractivity contribution in [3.05, 3.63) is 66.6 Å².